The molecule has 0 spiro atoms. The average Bonchev–Trinajstić information content (AvgIpc) is 2.97. The van der Waals surface area contributed by atoms with E-state index in [1.165, 1.54) is 0 Å². The molecule has 3 aliphatic rings. The normalized spacial score (nSPS) is 21.2. The van der Waals surface area contributed by atoms with Gasteiger partial charge in [-0.1, -0.05) is 11.6 Å². The molecule has 156 valence electrons. The number of aromatic nitrogens is 4. The predicted molar refractivity (Wildman–Crippen MR) is 110 cm³/mol. The van der Waals surface area contributed by atoms with Crippen LogP contribution in [0.4, 0.5) is 17.5 Å². The number of fused-ring (bicyclic) bond motifs is 3. The van der Waals surface area contributed by atoms with Crippen LogP contribution in [-0.4, -0.2) is 70.1 Å². The highest BCUT2D eigenvalue weighted by Crippen LogP contribution is 2.36. The van der Waals surface area contributed by atoms with Crippen molar-refractivity contribution >= 4 is 29.1 Å². The number of anilines is 3. The van der Waals surface area contributed by atoms with E-state index in [0.29, 0.717) is 47.9 Å². The van der Waals surface area contributed by atoms with Crippen molar-refractivity contribution in [1.82, 2.24) is 24.6 Å². The van der Waals surface area contributed by atoms with Gasteiger partial charge in [-0.2, -0.15) is 4.98 Å². The molecule has 2 saturated heterocycles. The molecular formula is C19H26ClN7O2. The van der Waals surface area contributed by atoms with Gasteiger partial charge < -0.3 is 20.1 Å². The fourth-order valence-corrected chi connectivity index (χ4v) is 4.35. The van der Waals surface area contributed by atoms with Crippen LogP contribution in [0, 0.1) is 6.92 Å². The molecule has 2 aromatic heterocycles. The number of nitrogens with one attached hydrogen (secondary N) is 2. The topological polar surface area (TPSA) is 89.4 Å². The Kier molecular flexibility index (Phi) is 5.19. The summed E-state index contributed by atoms with van der Waals surface area (Å²) >= 11 is 6.20. The third-order valence-electron chi connectivity index (χ3n) is 5.89. The largest absolute Gasteiger partial charge is 0.475 e. The van der Waals surface area contributed by atoms with Gasteiger partial charge in [-0.05, 0) is 26.2 Å². The Hall–Kier alpha value is -2.10. The lowest BCUT2D eigenvalue weighted by molar-refractivity contribution is -0.0145. The molecule has 5 heterocycles. The number of nitrogens with zero attached hydrogens (tertiary/aromatic N) is 5. The van der Waals surface area contributed by atoms with E-state index in [9.17, 15) is 0 Å². The molecule has 2 aromatic rings. The summed E-state index contributed by atoms with van der Waals surface area (Å²) in [5.41, 5.74) is 1.86. The predicted octanol–water partition coefficient (Wildman–Crippen LogP) is 2.61. The van der Waals surface area contributed by atoms with Crippen molar-refractivity contribution < 1.29 is 9.47 Å². The Bertz CT molecular complexity index is 878. The summed E-state index contributed by atoms with van der Waals surface area (Å²) < 4.78 is 13.6. The van der Waals surface area contributed by atoms with E-state index in [1.54, 1.807) is 6.20 Å². The third kappa shape index (κ3) is 3.74. The van der Waals surface area contributed by atoms with Gasteiger partial charge in [-0.15, -0.1) is 5.10 Å². The third-order valence-corrected chi connectivity index (χ3v) is 6.17. The van der Waals surface area contributed by atoms with Gasteiger partial charge in [-0.25, -0.2) is 4.98 Å². The van der Waals surface area contributed by atoms with Crippen LogP contribution in [-0.2, 0) is 4.74 Å². The minimum absolute atomic E-state index is 0.354. The summed E-state index contributed by atoms with van der Waals surface area (Å²) in [6.07, 6.45) is 4.67. The first-order valence-electron chi connectivity index (χ1n) is 10.3. The molecule has 9 nitrogen and oxygen atoms in total. The van der Waals surface area contributed by atoms with E-state index >= 15 is 0 Å². The van der Waals surface area contributed by atoms with E-state index < -0.39 is 0 Å². The quantitative estimate of drug-likeness (QED) is 0.767. The van der Waals surface area contributed by atoms with Crippen LogP contribution < -0.4 is 15.4 Å². The number of ether oxygens (including phenoxy) is 2. The SMILES string of the molecule is Cc1c2c(nn1C1CN(C3CCOCC3)C1)OCCCNc1nc(ncc1Cl)N2. The van der Waals surface area contributed by atoms with Crippen LogP contribution in [0.1, 0.15) is 31.0 Å². The van der Waals surface area contributed by atoms with Crippen molar-refractivity contribution in [2.24, 2.45) is 0 Å². The van der Waals surface area contributed by atoms with Gasteiger partial charge in [0.05, 0.1) is 24.5 Å². The molecule has 5 rings (SSSR count). The van der Waals surface area contributed by atoms with Crippen LogP contribution in [0.15, 0.2) is 6.20 Å². The van der Waals surface area contributed by atoms with Crippen molar-refractivity contribution in [2.45, 2.75) is 38.3 Å². The molecular weight excluding hydrogens is 394 g/mol. The number of hydrogen-bond donors (Lipinski definition) is 2. The lowest BCUT2D eigenvalue weighted by atomic mass is 10.00. The van der Waals surface area contributed by atoms with Crippen LogP contribution in [0.5, 0.6) is 5.88 Å². The van der Waals surface area contributed by atoms with Crippen LogP contribution in [0.2, 0.25) is 5.02 Å². The molecule has 0 radical (unpaired) electrons. The highest BCUT2D eigenvalue weighted by atomic mass is 35.5. The number of likely N-dealkylation sites (tertiary alicyclic amines) is 1. The van der Waals surface area contributed by atoms with E-state index in [-0.39, 0.29) is 0 Å². The van der Waals surface area contributed by atoms with Crippen molar-refractivity contribution in [3.63, 3.8) is 0 Å². The van der Waals surface area contributed by atoms with E-state index in [2.05, 4.69) is 37.1 Å². The maximum absolute atomic E-state index is 6.20. The van der Waals surface area contributed by atoms with Crippen LogP contribution >= 0.6 is 11.6 Å². The fraction of sp³-hybridized carbons (Fsp3) is 0.632. The van der Waals surface area contributed by atoms with Gasteiger partial charge in [0.2, 0.25) is 5.95 Å². The standard InChI is InChI=1S/C19H26ClN7O2/c1-12-16-18(25-27(12)14-10-26(11-14)13-3-7-28-8-4-13)29-6-2-5-21-17-15(20)9-22-19(23-16)24-17/h9,13-14H,2-8,10-11H2,1H3,(H2,21,22,23,24). The Morgan fingerprint density at radius 2 is 2.00 bits per heavy atom. The van der Waals surface area contributed by atoms with Crippen molar-refractivity contribution in [2.75, 3.05) is 50.1 Å². The van der Waals surface area contributed by atoms with Gasteiger partial charge in [-0.3, -0.25) is 9.58 Å². The highest BCUT2D eigenvalue weighted by molar-refractivity contribution is 6.32. The molecule has 2 bridgehead atoms. The van der Waals surface area contributed by atoms with Gasteiger partial charge in [0.1, 0.15) is 10.7 Å². The lowest BCUT2D eigenvalue weighted by Crippen LogP contribution is -2.54. The molecule has 0 atom stereocenters. The van der Waals surface area contributed by atoms with Crippen molar-refractivity contribution in [3.8, 4) is 5.88 Å². The molecule has 10 heteroatoms. The van der Waals surface area contributed by atoms with Crippen molar-refractivity contribution in [3.05, 3.63) is 16.9 Å². The highest BCUT2D eigenvalue weighted by Gasteiger charge is 2.36. The summed E-state index contributed by atoms with van der Waals surface area (Å²) in [6, 6.07) is 0.988. The van der Waals surface area contributed by atoms with E-state index in [1.807, 2.05) is 0 Å². The van der Waals surface area contributed by atoms with E-state index in [4.69, 9.17) is 26.2 Å². The Balaban J connectivity index is 1.37. The second kappa shape index (κ2) is 7.97. The zero-order valence-electron chi connectivity index (χ0n) is 16.5. The maximum atomic E-state index is 6.20. The Morgan fingerprint density at radius 3 is 2.83 bits per heavy atom. The van der Waals surface area contributed by atoms with Crippen LogP contribution in [0.3, 0.4) is 0 Å². The minimum Gasteiger partial charge on any atom is -0.475 e. The van der Waals surface area contributed by atoms with E-state index in [0.717, 1.165) is 56.9 Å². The summed E-state index contributed by atoms with van der Waals surface area (Å²) in [4.78, 5) is 11.3. The summed E-state index contributed by atoms with van der Waals surface area (Å²) in [5.74, 6) is 1.71. The first kappa shape index (κ1) is 18.9. The number of rotatable bonds is 2. The number of hydrogen-bond acceptors (Lipinski definition) is 8. The first-order valence-corrected chi connectivity index (χ1v) is 10.6. The monoisotopic (exact) mass is 419 g/mol. The van der Waals surface area contributed by atoms with Gasteiger partial charge in [0.25, 0.3) is 5.88 Å². The zero-order chi connectivity index (χ0) is 19.8. The Labute approximate surface area is 174 Å². The van der Waals surface area contributed by atoms with Gasteiger partial charge in [0, 0.05) is 38.9 Å². The Morgan fingerprint density at radius 1 is 1.17 bits per heavy atom. The lowest BCUT2D eigenvalue weighted by Gasteiger charge is -2.45. The summed E-state index contributed by atoms with van der Waals surface area (Å²) in [5, 5.41) is 11.8. The molecule has 0 amide bonds. The molecule has 0 aromatic carbocycles. The molecule has 0 unspecified atom stereocenters. The van der Waals surface area contributed by atoms with Gasteiger partial charge in [0.15, 0.2) is 5.82 Å². The first-order chi connectivity index (χ1) is 14.2. The second-order valence-electron chi connectivity index (χ2n) is 7.81. The molecule has 0 saturated carbocycles. The fourth-order valence-electron chi connectivity index (χ4n) is 4.19. The maximum Gasteiger partial charge on any atom is 0.257 e. The average molecular weight is 420 g/mol. The minimum atomic E-state index is 0.354. The van der Waals surface area contributed by atoms with Gasteiger partial charge >= 0.3 is 0 Å². The second-order valence-corrected chi connectivity index (χ2v) is 8.21. The van der Waals surface area contributed by atoms with Crippen molar-refractivity contribution in [1.29, 1.82) is 0 Å². The smallest absolute Gasteiger partial charge is 0.257 e. The summed E-state index contributed by atoms with van der Waals surface area (Å²) in [7, 11) is 0. The van der Waals surface area contributed by atoms with Crippen LogP contribution in [0.25, 0.3) is 0 Å². The zero-order valence-corrected chi connectivity index (χ0v) is 17.3. The molecule has 29 heavy (non-hydrogen) atoms. The molecule has 3 aliphatic heterocycles. The molecule has 0 aliphatic carbocycles. The molecule has 2 fully saturated rings. The summed E-state index contributed by atoms with van der Waals surface area (Å²) in [6.45, 7) is 7.11. The molecule has 2 N–H and O–H groups in total. The number of halogens is 1.